The lowest BCUT2D eigenvalue weighted by molar-refractivity contribution is -0.126. The Bertz CT molecular complexity index is 1200. The number of nitrogens with one attached hydrogen (secondary N) is 1. The molecule has 0 spiro atoms. The number of carbonyl (C=O) groups excluding carboxylic acids is 1. The average molecular weight is 455 g/mol. The predicted molar refractivity (Wildman–Crippen MR) is 119 cm³/mol. The van der Waals surface area contributed by atoms with Crippen LogP contribution in [-0.4, -0.2) is 41.9 Å². The second-order valence-electron chi connectivity index (χ2n) is 8.05. The number of nitrogens with zero attached hydrogens (tertiary/aromatic N) is 3. The molecule has 8 nitrogen and oxygen atoms in total. The quantitative estimate of drug-likeness (QED) is 0.614. The van der Waals surface area contributed by atoms with E-state index in [9.17, 15) is 13.2 Å². The van der Waals surface area contributed by atoms with E-state index >= 15 is 0 Å². The van der Waals surface area contributed by atoms with Gasteiger partial charge in [0.05, 0.1) is 4.90 Å². The number of sulfonamides is 1. The molecule has 0 saturated carbocycles. The molecule has 1 N–H and O–H groups in total. The molecule has 1 aromatic heterocycles. The smallest absolute Gasteiger partial charge is 0.243 e. The van der Waals surface area contributed by atoms with Crippen LogP contribution in [0, 0.1) is 19.8 Å². The molecule has 0 bridgehead atoms. The van der Waals surface area contributed by atoms with Crippen molar-refractivity contribution in [2.45, 2.75) is 38.1 Å². The van der Waals surface area contributed by atoms with Gasteiger partial charge in [0.15, 0.2) is 0 Å². The van der Waals surface area contributed by atoms with E-state index in [1.807, 2.05) is 31.2 Å². The zero-order valence-electron chi connectivity index (χ0n) is 18.1. The Morgan fingerprint density at radius 3 is 2.50 bits per heavy atom. The predicted octanol–water partition coefficient (Wildman–Crippen LogP) is 3.07. The molecule has 0 unspecified atom stereocenters. The highest BCUT2D eigenvalue weighted by molar-refractivity contribution is 7.89. The van der Waals surface area contributed by atoms with Crippen LogP contribution in [0.2, 0.25) is 0 Å². The minimum absolute atomic E-state index is 0.0305. The molecule has 2 heterocycles. The van der Waals surface area contributed by atoms with Crippen LogP contribution in [-0.2, 0) is 21.4 Å². The summed E-state index contributed by atoms with van der Waals surface area (Å²) >= 11 is 0. The van der Waals surface area contributed by atoms with E-state index < -0.39 is 10.0 Å². The van der Waals surface area contributed by atoms with Crippen molar-refractivity contribution in [3.8, 4) is 11.4 Å². The van der Waals surface area contributed by atoms with Crippen molar-refractivity contribution in [3.63, 3.8) is 0 Å². The van der Waals surface area contributed by atoms with Gasteiger partial charge in [0, 0.05) is 38.0 Å². The molecular weight excluding hydrogens is 428 g/mol. The summed E-state index contributed by atoms with van der Waals surface area (Å²) in [6.07, 6.45) is 0.978. The number of amides is 1. The van der Waals surface area contributed by atoms with Crippen LogP contribution >= 0.6 is 0 Å². The molecule has 2 aromatic carbocycles. The first-order chi connectivity index (χ1) is 15.3. The number of aromatic nitrogens is 2. The number of aryl methyl sites for hydroxylation is 2. The topological polar surface area (TPSA) is 105 Å². The van der Waals surface area contributed by atoms with Gasteiger partial charge < -0.3 is 9.84 Å². The van der Waals surface area contributed by atoms with Crippen molar-refractivity contribution in [2.24, 2.45) is 5.92 Å². The second kappa shape index (κ2) is 9.22. The van der Waals surface area contributed by atoms with Crippen LogP contribution in [0.3, 0.4) is 0 Å². The molecule has 0 radical (unpaired) electrons. The first kappa shape index (κ1) is 22.2. The van der Waals surface area contributed by atoms with Crippen LogP contribution in [0.4, 0.5) is 0 Å². The standard InChI is InChI=1S/C23H26N4O4S/c1-16-6-8-18(9-7-16)15-24-23(28)19-10-12-27(13-11-19)32(29,30)21-5-3-4-20(14-21)22-25-17(2)31-26-22/h3-9,14,19H,10-13,15H2,1-2H3,(H,24,28). The van der Waals surface area contributed by atoms with Gasteiger partial charge in [-0.15, -0.1) is 0 Å². The highest BCUT2D eigenvalue weighted by Crippen LogP contribution is 2.26. The molecule has 3 aromatic rings. The highest BCUT2D eigenvalue weighted by atomic mass is 32.2. The van der Waals surface area contributed by atoms with Gasteiger partial charge in [-0.3, -0.25) is 4.79 Å². The van der Waals surface area contributed by atoms with E-state index in [2.05, 4.69) is 15.5 Å². The molecule has 168 valence electrons. The van der Waals surface area contributed by atoms with Gasteiger partial charge in [-0.05, 0) is 37.5 Å². The number of piperidine rings is 1. The molecular formula is C23H26N4O4S. The van der Waals surface area contributed by atoms with Gasteiger partial charge in [0.1, 0.15) is 0 Å². The molecule has 1 aliphatic heterocycles. The van der Waals surface area contributed by atoms with E-state index in [0.717, 1.165) is 5.56 Å². The van der Waals surface area contributed by atoms with Gasteiger partial charge in [-0.2, -0.15) is 9.29 Å². The lowest BCUT2D eigenvalue weighted by atomic mass is 9.97. The second-order valence-corrected chi connectivity index (χ2v) is 9.98. The molecule has 9 heteroatoms. The third kappa shape index (κ3) is 4.89. The van der Waals surface area contributed by atoms with Crippen LogP contribution in [0.1, 0.15) is 29.9 Å². The first-order valence-corrected chi connectivity index (χ1v) is 12.0. The summed E-state index contributed by atoms with van der Waals surface area (Å²) < 4.78 is 32.7. The molecule has 4 rings (SSSR count). The van der Waals surface area contributed by atoms with E-state index in [4.69, 9.17) is 4.52 Å². The summed E-state index contributed by atoms with van der Waals surface area (Å²) in [6, 6.07) is 14.5. The van der Waals surface area contributed by atoms with Crippen LogP contribution < -0.4 is 5.32 Å². The molecule has 1 aliphatic rings. The zero-order chi connectivity index (χ0) is 22.7. The lowest BCUT2D eigenvalue weighted by Gasteiger charge is -2.30. The Hall–Kier alpha value is -3.04. The first-order valence-electron chi connectivity index (χ1n) is 10.6. The minimum atomic E-state index is -3.68. The van der Waals surface area contributed by atoms with Crippen LogP contribution in [0.25, 0.3) is 11.4 Å². The summed E-state index contributed by atoms with van der Waals surface area (Å²) in [4.78, 5) is 16.9. The number of benzene rings is 2. The fraction of sp³-hybridized carbons (Fsp3) is 0.348. The molecule has 0 aliphatic carbocycles. The third-order valence-electron chi connectivity index (χ3n) is 5.67. The van der Waals surface area contributed by atoms with Crippen molar-refractivity contribution in [2.75, 3.05) is 13.1 Å². The van der Waals surface area contributed by atoms with Crippen LogP contribution in [0.15, 0.2) is 57.9 Å². The maximum absolute atomic E-state index is 13.2. The van der Waals surface area contributed by atoms with E-state index in [1.54, 1.807) is 31.2 Å². The zero-order valence-corrected chi connectivity index (χ0v) is 18.9. The number of carbonyl (C=O) groups is 1. The Balaban J connectivity index is 1.37. The number of hydrogen-bond acceptors (Lipinski definition) is 6. The average Bonchev–Trinajstić information content (AvgIpc) is 3.25. The maximum Gasteiger partial charge on any atom is 0.243 e. The lowest BCUT2D eigenvalue weighted by Crippen LogP contribution is -2.42. The summed E-state index contributed by atoms with van der Waals surface area (Å²) in [5, 5.41) is 6.83. The van der Waals surface area contributed by atoms with Gasteiger partial charge in [-0.1, -0.05) is 47.1 Å². The van der Waals surface area contributed by atoms with E-state index in [0.29, 0.717) is 49.8 Å². The monoisotopic (exact) mass is 454 g/mol. The van der Waals surface area contributed by atoms with Crippen molar-refractivity contribution in [1.29, 1.82) is 0 Å². The Kier molecular flexibility index (Phi) is 6.38. The molecule has 1 saturated heterocycles. The van der Waals surface area contributed by atoms with E-state index in [1.165, 1.54) is 9.87 Å². The third-order valence-corrected chi connectivity index (χ3v) is 7.56. The Labute approximate surface area is 187 Å². The van der Waals surface area contributed by atoms with E-state index in [-0.39, 0.29) is 16.7 Å². The number of rotatable bonds is 6. The van der Waals surface area contributed by atoms with Gasteiger partial charge in [0.2, 0.25) is 27.6 Å². The van der Waals surface area contributed by atoms with Gasteiger partial charge in [-0.25, -0.2) is 8.42 Å². The Morgan fingerprint density at radius 1 is 1.12 bits per heavy atom. The van der Waals surface area contributed by atoms with Crippen molar-refractivity contribution < 1.29 is 17.7 Å². The minimum Gasteiger partial charge on any atom is -0.352 e. The van der Waals surface area contributed by atoms with Crippen molar-refractivity contribution in [3.05, 3.63) is 65.5 Å². The summed E-state index contributed by atoms with van der Waals surface area (Å²) in [5.41, 5.74) is 2.79. The summed E-state index contributed by atoms with van der Waals surface area (Å²) in [6.45, 7) is 4.78. The molecule has 0 atom stereocenters. The van der Waals surface area contributed by atoms with Crippen LogP contribution in [0.5, 0.6) is 0 Å². The molecule has 1 fully saturated rings. The Morgan fingerprint density at radius 2 is 1.84 bits per heavy atom. The number of hydrogen-bond donors (Lipinski definition) is 1. The highest BCUT2D eigenvalue weighted by Gasteiger charge is 2.32. The molecule has 32 heavy (non-hydrogen) atoms. The SMILES string of the molecule is Cc1ccc(CNC(=O)C2CCN(S(=O)(=O)c3cccc(-c4noc(C)n4)c3)CC2)cc1. The normalized spacial score (nSPS) is 15.6. The summed E-state index contributed by atoms with van der Waals surface area (Å²) in [5.74, 6) is 0.539. The summed E-state index contributed by atoms with van der Waals surface area (Å²) in [7, 11) is -3.68. The van der Waals surface area contributed by atoms with Crippen molar-refractivity contribution >= 4 is 15.9 Å². The van der Waals surface area contributed by atoms with Crippen molar-refractivity contribution in [1.82, 2.24) is 19.8 Å². The molecule has 1 amide bonds. The van der Waals surface area contributed by atoms with Gasteiger partial charge in [0.25, 0.3) is 0 Å². The fourth-order valence-corrected chi connectivity index (χ4v) is 5.28. The van der Waals surface area contributed by atoms with Gasteiger partial charge >= 0.3 is 0 Å². The largest absolute Gasteiger partial charge is 0.352 e. The fourth-order valence-electron chi connectivity index (χ4n) is 3.76. The maximum atomic E-state index is 13.2.